The molecule has 0 radical (unpaired) electrons. The van der Waals surface area contributed by atoms with Crippen molar-refractivity contribution >= 4 is 29.2 Å². The molecule has 2 aromatic rings. The molecule has 0 aliphatic rings. The fourth-order valence-corrected chi connectivity index (χ4v) is 2.10. The highest BCUT2D eigenvalue weighted by molar-refractivity contribution is 6.30. The quantitative estimate of drug-likeness (QED) is 0.798. The number of pyridine rings is 1. The highest BCUT2D eigenvalue weighted by atomic mass is 35.5. The van der Waals surface area contributed by atoms with Gasteiger partial charge in [-0.1, -0.05) is 41.9 Å². The average Bonchev–Trinajstić information content (AvgIpc) is 2.59. The van der Waals surface area contributed by atoms with E-state index in [0.717, 1.165) is 5.56 Å². The molecule has 1 aromatic heterocycles. The zero-order valence-corrected chi connectivity index (χ0v) is 14.1. The molecule has 0 spiro atoms. The Morgan fingerprint density at radius 3 is 2.50 bits per heavy atom. The molecule has 126 valence electrons. The van der Waals surface area contributed by atoms with E-state index in [1.54, 1.807) is 24.1 Å². The van der Waals surface area contributed by atoms with E-state index in [2.05, 4.69) is 15.6 Å². The molecule has 0 bridgehead atoms. The first kappa shape index (κ1) is 17.7. The van der Waals surface area contributed by atoms with Crippen LogP contribution in [-0.2, 0) is 16.1 Å². The number of likely N-dealkylation sites (N-methyl/N-ethyl adjacent to an activating group) is 1. The Morgan fingerprint density at radius 2 is 1.83 bits per heavy atom. The van der Waals surface area contributed by atoms with Crippen molar-refractivity contribution in [2.24, 2.45) is 0 Å². The van der Waals surface area contributed by atoms with Gasteiger partial charge in [-0.05, 0) is 17.7 Å². The van der Waals surface area contributed by atoms with Crippen molar-refractivity contribution in [3.05, 3.63) is 59.2 Å². The minimum atomic E-state index is -0.260. The molecule has 0 aliphatic carbocycles. The van der Waals surface area contributed by atoms with Crippen LogP contribution >= 0.6 is 11.6 Å². The lowest BCUT2D eigenvalue weighted by Gasteiger charge is -2.17. The number of halogens is 1. The Labute approximate surface area is 145 Å². The summed E-state index contributed by atoms with van der Waals surface area (Å²) < 4.78 is 0. The maximum Gasteiger partial charge on any atom is 0.239 e. The minimum absolute atomic E-state index is 0.0620. The summed E-state index contributed by atoms with van der Waals surface area (Å²) in [6.45, 7) is 0.471. The van der Waals surface area contributed by atoms with E-state index < -0.39 is 0 Å². The minimum Gasteiger partial charge on any atom is -0.350 e. The van der Waals surface area contributed by atoms with Crippen LogP contribution in [0.15, 0.2) is 48.7 Å². The molecular formula is C17H19ClN4O2. The van der Waals surface area contributed by atoms with Crippen molar-refractivity contribution in [2.45, 2.75) is 6.54 Å². The Balaban J connectivity index is 1.70. The van der Waals surface area contributed by atoms with Crippen LogP contribution in [0.4, 0.5) is 5.82 Å². The number of hydrogen-bond donors (Lipinski definition) is 2. The summed E-state index contributed by atoms with van der Waals surface area (Å²) in [5, 5.41) is 5.87. The van der Waals surface area contributed by atoms with E-state index in [4.69, 9.17) is 11.6 Å². The highest BCUT2D eigenvalue weighted by Gasteiger charge is 2.10. The number of anilines is 1. The summed E-state index contributed by atoms with van der Waals surface area (Å²) in [4.78, 5) is 29.4. The molecule has 1 heterocycles. The van der Waals surface area contributed by atoms with Crippen molar-refractivity contribution in [3.8, 4) is 0 Å². The van der Waals surface area contributed by atoms with Gasteiger partial charge in [-0.25, -0.2) is 4.98 Å². The molecule has 24 heavy (non-hydrogen) atoms. The summed E-state index contributed by atoms with van der Waals surface area (Å²) in [7, 11) is 1.74. The lowest BCUT2D eigenvalue weighted by molar-refractivity contribution is -0.125. The summed E-state index contributed by atoms with van der Waals surface area (Å²) in [5.74, 6) is 0.131. The fourth-order valence-electron chi connectivity index (χ4n) is 1.98. The zero-order valence-electron chi connectivity index (χ0n) is 13.3. The van der Waals surface area contributed by atoms with Crippen LogP contribution in [0.5, 0.6) is 0 Å². The molecule has 0 saturated heterocycles. The van der Waals surface area contributed by atoms with Crippen LogP contribution in [0.1, 0.15) is 5.56 Å². The maximum absolute atomic E-state index is 11.9. The largest absolute Gasteiger partial charge is 0.350 e. The fraction of sp³-hybridized carbons (Fsp3) is 0.235. The molecule has 0 aliphatic heterocycles. The highest BCUT2D eigenvalue weighted by Crippen LogP contribution is 2.12. The van der Waals surface area contributed by atoms with Crippen molar-refractivity contribution < 1.29 is 9.59 Å². The third-order valence-electron chi connectivity index (χ3n) is 3.26. The van der Waals surface area contributed by atoms with E-state index >= 15 is 0 Å². The van der Waals surface area contributed by atoms with Gasteiger partial charge in [0, 0.05) is 19.8 Å². The smallest absolute Gasteiger partial charge is 0.239 e. The molecule has 2 rings (SSSR count). The average molecular weight is 347 g/mol. The lowest BCUT2D eigenvalue weighted by Crippen LogP contribution is -2.41. The normalized spacial score (nSPS) is 10.1. The Morgan fingerprint density at radius 1 is 1.08 bits per heavy atom. The summed E-state index contributed by atoms with van der Waals surface area (Å²) in [5.41, 5.74) is 1.01. The second-order valence-electron chi connectivity index (χ2n) is 5.23. The van der Waals surface area contributed by atoms with Gasteiger partial charge in [0.2, 0.25) is 11.8 Å². The molecular weight excluding hydrogens is 328 g/mol. The maximum atomic E-state index is 11.9. The number of hydrogen-bond acceptors (Lipinski definition) is 4. The topological polar surface area (TPSA) is 74.3 Å². The number of nitrogens with zero attached hydrogens (tertiary/aromatic N) is 2. The van der Waals surface area contributed by atoms with E-state index in [1.807, 2.05) is 30.3 Å². The lowest BCUT2D eigenvalue weighted by atomic mass is 10.2. The van der Waals surface area contributed by atoms with Gasteiger partial charge in [-0.15, -0.1) is 0 Å². The van der Waals surface area contributed by atoms with Crippen LogP contribution < -0.4 is 15.5 Å². The van der Waals surface area contributed by atoms with Gasteiger partial charge >= 0.3 is 0 Å². The van der Waals surface area contributed by atoms with Gasteiger partial charge in [-0.2, -0.15) is 0 Å². The van der Waals surface area contributed by atoms with Crippen LogP contribution in [-0.4, -0.2) is 36.9 Å². The first-order chi connectivity index (χ1) is 11.5. The number of amides is 2. The standard InChI is InChI=1S/C17H19ClN4O2/c1-22(15-8-7-14(18)10-19-15)12-17(24)21-11-16(23)20-9-13-5-3-2-4-6-13/h2-8,10H,9,11-12H2,1H3,(H,20,23)(H,21,24). The number of aromatic nitrogens is 1. The van der Waals surface area contributed by atoms with E-state index in [1.165, 1.54) is 6.20 Å². The van der Waals surface area contributed by atoms with Crippen molar-refractivity contribution in [2.75, 3.05) is 25.0 Å². The molecule has 7 heteroatoms. The van der Waals surface area contributed by atoms with E-state index in [-0.39, 0.29) is 24.9 Å². The predicted molar refractivity (Wildman–Crippen MR) is 93.8 cm³/mol. The van der Waals surface area contributed by atoms with Crippen molar-refractivity contribution in [3.63, 3.8) is 0 Å². The molecule has 0 fully saturated rings. The first-order valence-electron chi connectivity index (χ1n) is 7.44. The number of carbonyl (C=O) groups is 2. The Hall–Kier alpha value is -2.60. The van der Waals surface area contributed by atoms with Gasteiger partial charge in [0.25, 0.3) is 0 Å². The van der Waals surface area contributed by atoms with Crippen LogP contribution in [0.25, 0.3) is 0 Å². The summed E-state index contributed by atoms with van der Waals surface area (Å²) in [6.07, 6.45) is 1.52. The number of rotatable bonds is 7. The van der Waals surface area contributed by atoms with Gasteiger partial charge in [0.15, 0.2) is 0 Å². The van der Waals surface area contributed by atoms with Gasteiger partial charge in [0.1, 0.15) is 5.82 Å². The number of carbonyl (C=O) groups excluding carboxylic acids is 2. The third-order valence-corrected chi connectivity index (χ3v) is 3.49. The first-order valence-corrected chi connectivity index (χ1v) is 7.82. The van der Waals surface area contributed by atoms with Crippen LogP contribution in [0.3, 0.4) is 0 Å². The van der Waals surface area contributed by atoms with Crippen LogP contribution in [0, 0.1) is 0 Å². The molecule has 0 saturated carbocycles. The SMILES string of the molecule is CN(CC(=O)NCC(=O)NCc1ccccc1)c1ccc(Cl)cn1. The predicted octanol–water partition coefficient (Wildman–Crippen LogP) is 1.60. The van der Waals surface area contributed by atoms with Crippen LogP contribution in [0.2, 0.25) is 5.02 Å². The van der Waals surface area contributed by atoms with Gasteiger partial charge in [-0.3, -0.25) is 9.59 Å². The Bertz CT molecular complexity index is 677. The molecule has 2 N–H and O–H groups in total. The second kappa shape index (κ2) is 8.88. The van der Waals surface area contributed by atoms with Gasteiger partial charge in [0.05, 0.1) is 18.1 Å². The van der Waals surface area contributed by atoms with Crippen molar-refractivity contribution in [1.29, 1.82) is 0 Å². The van der Waals surface area contributed by atoms with Gasteiger partial charge < -0.3 is 15.5 Å². The Kier molecular flexibility index (Phi) is 6.57. The molecule has 1 aromatic carbocycles. The summed E-state index contributed by atoms with van der Waals surface area (Å²) in [6, 6.07) is 13.0. The molecule has 2 amide bonds. The summed E-state index contributed by atoms with van der Waals surface area (Å²) >= 11 is 5.78. The van der Waals surface area contributed by atoms with E-state index in [0.29, 0.717) is 17.4 Å². The third kappa shape index (κ3) is 5.89. The number of nitrogens with one attached hydrogen (secondary N) is 2. The van der Waals surface area contributed by atoms with E-state index in [9.17, 15) is 9.59 Å². The van der Waals surface area contributed by atoms with Crippen molar-refractivity contribution in [1.82, 2.24) is 15.6 Å². The monoisotopic (exact) mass is 346 g/mol. The zero-order chi connectivity index (χ0) is 17.4. The number of benzene rings is 1. The molecule has 6 nitrogen and oxygen atoms in total. The second-order valence-corrected chi connectivity index (χ2v) is 5.67. The molecule has 0 atom stereocenters. The molecule has 0 unspecified atom stereocenters.